The Balaban J connectivity index is 1.82. The lowest BCUT2D eigenvalue weighted by Crippen LogP contribution is -2.27. The van der Waals surface area contributed by atoms with E-state index in [2.05, 4.69) is 6.07 Å². The summed E-state index contributed by atoms with van der Waals surface area (Å²) in [6.07, 6.45) is 2.16. The number of carbonyl (C=O) groups is 1. The molecule has 3 aromatic rings. The molecule has 2 aromatic carbocycles. The summed E-state index contributed by atoms with van der Waals surface area (Å²) in [6, 6.07) is 16.4. The lowest BCUT2D eigenvalue weighted by Gasteiger charge is -2.19. The minimum atomic E-state index is -0.180. The van der Waals surface area contributed by atoms with E-state index in [4.69, 9.17) is 0 Å². The van der Waals surface area contributed by atoms with Gasteiger partial charge in [0.15, 0.2) is 0 Å². The fraction of sp³-hybridized carbons (Fsp3) is 0.261. The van der Waals surface area contributed by atoms with Gasteiger partial charge in [-0.25, -0.2) is 0 Å². The number of para-hydroxylation sites is 1. The molecule has 1 heterocycles. The van der Waals surface area contributed by atoms with Gasteiger partial charge in [0, 0.05) is 30.6 Å². The SMILES string of the molecule is CCn1c(=O)cc(C2CC2)c2cc(C(=O)N(C)c3ccccc3C#N)ccc21. The second kappa shape index (κ2) is 6.97. The van der Waals surface area contributed by atoms with Crippen LogP contribution in [0, 0.1) is 11.3 Å². The minimum Gasteiger partial charge on any atom is -0.310 e. The molecule has 0 spiro atoms. The van der Waals surface area contributed by atoms with Gasteiger partial charge in [-0.15, -0.1) is 0 Å². The molecule has 0 N–H and O–H groups in total. The van der Waals surface area contributed by atoms with Gasteiger partial charge in [-0.1, -0.05) is 12.1 Å². The van der Waals surface area contributed by atoms with Crippen molar-refractivity contribution in [2.45, 2.75) is 32.2 Å². The highest BCUT2D eigenvalue weighted by molar-refractivity contribution is 6.08. The van der Waals surface area contributed by atoms with Crippen LogP contribution in [-0.2, 0) is 6.54 Å². The predicted molar refractivity (Wildman–Crippen MR) is 110 cm³/mol. The number of nitriles is 1. The van der Waals surface area contributed by atoms with E-state index < -0.39 is 0 Å². The highest BCUT2D eigenvalue weighted by Gasteiger charge is 2.27. The number of amides is 1. The molecule has 0 radical (unpaired) electrons. The number of nitrogens with zero attached hydrogens (tertiary/aromatic N) is 3. The molecule has 140 valence electrons. The summed E-state index contributed by atoms with van der Waals surface area (Å²) in [5, 5.41) is 10.3. The van der Waals surface area contributed by atoms with Gasteiger partial charge in [0.2, 0.25) is 0 Å². The predicted octanol–water partition coefficient (Wildman–Crippen LogP) is 4.05. The maximum atomic E-state index is 13.1. The van der Waals surface area contributed by atoms with E-state index in [1.165, 1.54) is 4.90 Å². The van der Waals surface area contributed by atoms with Gasteiger partial charge in [-0.05, 0) is 61.6 Å². The number of pyridine rings is 1. The molecule has 1 amide bonds. The quantitative estimate of drug-likeness (QED) is 0.695. The summed E-state index contributed by atoms with van der Waals surface area (Å²) >= 11 is 0. The molecule has 5 nitrogen and oxygen atoms in total. The first kappa shape index (κ1) is 18.0. The Bertz CT molecular complexity index is 1180. The third-order valence-electron chi connectivity index (χ3n) is 5.41. The fourth-order valence-corrected chi connectivity index (χ4v) is 3.77. The van der Waals surface area contributed by atoms with E-state index in [1.54, 1.807) is 41.9 Å². The first-order valence-corrected chi connectivity index (χ1v) is 9.49. The highest BCUT2D eigenvalue weighted by atomic mass is 16.2. The molecular formula is C23H21N3O2. The van der Waals surface area contributed by atoms with Crippen LogP contribution in [0.4, 0.5) is 5.69 Å². The first-order chi connectivity index (χ1) is 13.5. The van der Waals surface area contributed by atoms with Gasteiger partial charge < -0.3 is 9.47 Å². The molecule has 4 rings (SSSR count). The molecule has 5 heteroatoms. The minimum absolute atomic E-state index is 0.0102. The number of benzene rings is 2. The summed E-state index contributed by atoms with van der Waals surface area (Å²) in [4.78, 5) is 27.1. The summed E-state index contributed by atoms with van der Waals surface area (Å²) in [6.45, 7) is 2.53. The van der Waals surface area contributed by atoms with Gasteiger partial charge >= 0.3 is 0 Å². The van der Waals surface area contributed by atoms with E-state index in [-0.39, 0.29) is 11.5 Å². The van der Waals surface area contributed by atoms with Crippen LogP contribution in [0.2, 0.25) is 0 Å². The van der Waals surface area contributed by atoms with Crippen molar-refractivity contribution in [1.82, 2.24) is 4.57 Å². The normalized spacial score (nSPS) is 13.3. The monoisotopic (exact) mass is 371 g/mol. The topological polar surface area (TPSA) is 66.1 Å². The molecule has 0 aliphatic heterocycles. The number of hydrogen-bond donors (Lipinski definition) is 0. The van der Waals surface area contributed by atoms with Gasteiger partial charge in [0.25, 0.3) is 11.5 Å². The number of aromatic nitrogens is 1. The van der Waals surface area contributed by atoms with Crippen LogP contribution in [-0.4, -0.2) is 17.5 Å². The number of hydrogen-bond acceptors (Lipinski definition) is 3. The van der Waals surface area contributed by atoms with Crippen molar-refractivity contribution in [3.8, 4) is 6.07 Å². The Morgan fingerprint density at radius 1 is 1.21 bits per heavy atom. The molecule has 28 heavy (non-hydrogen) atoms. The number of rotatable bonds is 4. The van der Waals surface area contributed by atoms with Gasteiger partial charge in [0.1, 0.15) is 6.07 Å². The summed E-state index contributed by atoms with van der Waals surface area (Å²) < 4.78 is 1.74. The number of anilines is 1. The van der Waals surface area contributed by atoms with Crippen molar-refractivity contribution in [3.63, 3.8) is 0 Å². The zero-order valence-electron chi connectivity index (χ0n) is 16.0. The molecule has 1 aliphatic rings. The van der Waals surface area contributed by atoms with Gasteiger partial charge in [0.05, 0.1) is 16.8 Å². The third kappa shape index (κ3) is 2.97. The average Bonchev–Trinajstić information content (AvgIpc) is 3.57. The zero-order valence-corrected chi connectivity index (χ0v) is 16.0. The molecular weight excluding hydrogens is 350 g/mol. The maximum absolute atomic E-state index is 13.1. The maximum Gasteiger partial charge on any atom is 0.258 e. The molecule has 1 saturated carbocycles. The van der Waals surface area contributed by atoms with Crippen molar-refractivity contribution in [1.29, 1.82) is 5.26 Å². The van der Waals surface area contributed by atoms with Crippen LogP contribution in [0.3, 0.4) is 0 Å². The standard InChI is InChI=1S/C23H21N3O2/c1-3-26-21-11-10-16(12-19(21)18(13-22(26)27)15-8-9-15)23(28)25(2)20-7-5-4-6-17(20)14-24/h4-7,10-13,15H,3,8-9H2,1-2H3. The fourth-order valence-electron chi connectivity index (χ4n) is 3.77. The van der Waals surface area contributed by atoms with E-state index in [1.807, 2.05) is 25.1 Å². The molecule has 1 fully saturated rings. The van der Waals surface area contributed by atoms with Crippen molar-refractivity contribution < 1.29 is 4.79 Å². The van der Waals surface area contributed by atoms with E-state index in [9.17, 15) is 14.9 Å². The lowest BCUT2D eigenvalue weighted by atomic mass is 10.0. The van der Waals surface area contributed by atoms with Gasteiger partial charge in [-0.3, -0.25) is 9.59 Å². The van der Waals surface area contributed by atoms with Crippen LogP contribution < -0.4 is 10.5 Å². The Kier molecular flexibility index (Phi) is 4.48. The summed E-state index contributed by atoms with van der Waals surface area (Å²) in [5.74, 6) is 0.227. The van der Waals surface area contributed by atoms with Crippen LogP contribution in [0.25, 0.3) is 10.9 Å². The molecule has 1 aromatic heterocycles. The average molecular weight is 371 g/mol. The largest absolute Gasteiger partial charge is 0.310 e. The Hall–Kier alpha value is -3.39. The molecule has 0 saturated heterocycles. The van der Waals surface area contributed by atoms with Crippen LogP contribution >= 0.6 is 0 Å². The van der Waals surface area contributed by atoms with Crippen LogP contribution in [0.15, 0.2) is 53.3 Å². The van der Waals surface area contributed by atoms with Crippen molar-refractivity contribution in [2.24, 2.45) is 0 Å². The Morgan fingerprint density at radius 2 is 1.96 bits per heavy atom. The number of aryl methyl sites for hydroxylation is 1. The Morgan fingerprint density at radius 3 is 2.64 bits per heavy atom. The van der Waals surface area contributed by atoms with Gasteiger partial charge in [-0.2, -0.15) is 5.26 Å². The van der Waals surface area contributed by atoms with Crippen molar-refractivity contribution in [2.75, 3.05) is 11.9 Å². The summed E-state index contributed by atoms with van der Waals surface area (Å²) in [5.41, 5.74) is 3.50. The molecule has 1 aliphatic carbocycles. The lowest BCUT2D eigenvalue weighted by molar-refractivity contribution is 0.0993. The third-order valence-corrected chi connectivity index (χ3v) is 5.41. The zero-order chi connectivity index (χ0) is 19.8. The van der Waals surface area contributed by atoms with Crippen LogP contribution in [0.5, 0.6) is 0 Å². The smallest absolute Gasteiger partial charge is 0.258 e. The highest BCUT2D eigenvalue weighted by Crippen LogP contribution is 2.42. The second-order valence-corrected chi connectivity index (χ2v) is 7.18. The second-order valence-electron chi connectivity index (χ2n) is 7.18. The van der Waals surface area contributed by atoms with Crippen molar-refractivity contribution >= 4 is 22.5 Å². The Labute approximate surface area is 163 Å². The first-order valence-electron chi connectivity index (χ1n) is 9.49. The molecule has 0 bridgehead atoms. The van der Waals surface area contributed by atoms with Crippen molar-refractivity contribution in [3.05, 3.63) is 75.6 Å². The van der Waals surface area contributed by atoms with E-state index in [0.717, 1.165) is 29.3 Å². The molecule has 0 unspecified atom stereocenters. The van der Waals surface area contributed by atoms with E-state index in [0.29, 0.717) is 29.3 Å². The van der Waals surface area contributed by atoms with Crippen LogP contribution in [0.1, 0.15) is 47.2 Å². The van der Waals surface area contributed by atoms with E-state index >= 15 is 0 Å². The summed E-state index contributed by atoms with van der Waals surface area (Å²) in [7, 11) is 1.68. The molecule has 0 atom stereocenters. The number of fused-ring (bicyclic) bond motifs is 1. The number of carbonyl (C=O) groups excluding carboxylic acids is 1.